The number of aromatic nitrogens is 1. The highest BCUT2D eigenvalue weighted by atomic mass is 16.5. The Morgan fingerprint density at radius 2 is 1.14 bits per heavy atom. The lowest BCUT2D eigenvalue weighted by atomic mass is 9.94. The van der Waals surface area contributed by atoms with Crippen molar-refractivity contribution >= 4 is 44.4 Å². The number of ether oxygens (including phenoxy) is 2. The maximum Gasteiger partial charge on any atom is 0.234 e. The van der Waals surface area contributed by atoms with Crippen molar-refractivity contribution in [2.45, 2.75) is 6.17 Å². The molecule has 1 aliphatic heterocycles. The number of nitrogens with one attached hydrogen (secondary N) is 1. The predicted molar refractivity (Wildman–Crippen MR) is 209 cm³/mol. The van der Waals surface area contributed by atoms with Crippen LogP contribution >= 0.6 is 0 Å². The molecule has 51 heavy (non-hydrogen) atoms. The Balaban J connectivity index is 1.37. The van der Waals surface area contributed by atoms with Gasteiger partial charge in [0, 0.05) is 16.3 Å². The first-order valence-corrected chi connectivity index (χ1v) is 17.0. The van der Waals surface area contributed by atoms with Crippen LogP contribution in [-0.4, -0.2) is 30.6 Å². The number of rotatable bonds is 6. The second-order valence-electron chi connectivity index (χ2n) is 12.6. The molecule has 1 atom stereocenters. The summed E-state index contributed by atoms with van der Waals surface area (Å²) in [6.07, 6.45) is -0.403. The van der Waals surface area contributed by atoms with Gasteiger partial charge in [-0.05, 0) is 87.1 Å². The summed E-state index contributed by atoms with van der Waals surface area (Å²) in [6, 6.07) is 54.9. The van der Waals surface area contributed by atoms with Crippen LogP contribution in [0.1, 0.15) is 17.3 Å². The fraction of sp³-hybridized carbons (Fsp3) is 0.0667. The summed E-state index contributed by atoms with van der Waals surface area (Å²) in [6.45, 7) is 0. The van der Waals surface area contributed by atoms with Crippen molar-refractivity contribution < 1.29 is 9.47 Å². The molecule has 0 radical (unpaired) electrons. The first kappa shape index (κ1) is 30.4. The van der Waals surface area contributed by atoms with E-state index in [2.05, 4.69) is 131 Å². The predicted octanol–water partition coefficient (Wildman–Crippen LogP) is 10.3. The maximum atomic E-state index is 5.48. The zero-order valence-corrected chi connectivity index (χ0v) is 28.2. The SMILES string of the molecule is COc1ccc(C2=NC(n3c4cc(-c5ccccc5)ccc4c4c5ccccc5c(-c5ccccc5)cc43)=NC(c3ccc(OC)cc3)N2)cc1. The number of aliphatic imine (C=N–C) groups is 2. The molecule has 0 saturated carbocycles. The van der Waals surface area contributed by atoms with E-state index in [0.717, 1.165) is 67.1 Å². The number of benzene rings is 7. The average molecular weight is 663 g/mol. The molecule has 0 amide bonds. The second-order valence-corrected chi connectivity index (χ2v) is 12.6. The topological polar surface area (TPSA) is 60.1 Å². The van der Waals surface area contributed by atoms with E-state index in [9.17, 15) is 0 Å². The summed E-state index contributed by atoms with van der Waals surface area (Å²) in [7, 11) is 3.35. The number of methoxy groups -OCH3 is 2. The number of amidine groups is 1. The third-order valence-electron chi connectivity index (χ3n) is 9.69. The molecule has 9 rings (SSSR count). The second kappa shape index (κ2) is 12.7. The zero-order valence-electron chi connectivity index (χ0n) is 28.2. The van der Waals surface area contributed by atoms with Crippen LogP contribution in [-0.2, 0) is 0 Å². The summed E-state index contributed by atoms with van der Waals surface area (Å²) in [5.74, 6) is 2.90. The Labute approximate surface area is 296 Å². The van der Waals surface area contributed by atoms with Gasteiger partial charge in [-0.1, -0.05) is 109 Å². The van der Waals surface area contributed by atoms with Crippen molar-refractivity contribution in [3.05, 3.63) is 169 Å². The summed E-state index contributed by atoms with van der Waals surface area (Å²) < 4.78 is 13.2. The van der Waals surface area contributed by atoms with Gasteiger partial charge < -0.3 is 14.8 Å². The van der Waals surface area contributed by atoms with Crippen molar-refractivity contribution in [1.29, 1.82) is 0 Å². The first-order valence-electron chi connectivity index (χ1n) is 17.0. The summed E-state index contributed by atoms with van der Waals surface area (Å²) in [4.78, 5) is 10.7. The van der Waals surface area contributed by atoms with E-state index in [1.165, 1.54) is 16.2 Å². The molecule has 0 spiro atoms. The standard InChI is InChI=1S/C45H34N4O2/c1-50-34-22-17-31(18-23-34)43-46-44(32-19-24-35(51-2)25-20-32)48-45(47-43)49-40-27-33(29-11-5-3-6-12-29)21-26-38(40)42-37-16-10-9-15-36(37)39(28-41(42)49)30-13-7-4-8-14-30/h3-28,43H,1-2H3,(H,46,47,48). The molecule has 0 fully saturated rings. The molecule has 246 valence electrons. The van der Waals surface area contributed by atoms with Crippen LogP contribution in [0.2, 0.25) is 0 Å². The molecular weight excluding hydrogens is 629 g/mol. The fourth-order valence-corrected chi connectivity index (χ4v) is 7.15. The Bertz CT molecular complexity index is 2610. The molecule has 1 aliphatic rings. The van der Waals surface area contributed by atoms with Crippen LogP contribution in [0.3, 0.4) is 0 Å². The number of hydrogen-bond acceptors (Lipinski definition) is 5. The maximum absolute atomic E-state index is 5.48. The molecular formula is C45H34N4O2. The highest BCUT2D eigenvalue weighted by Gasteiger charge is 2.25. The van der Waals surface area contributed by atoms with E-state index in [-0.39, 0.29) is 0 Å². The minimum atomic E-state index is -0.403. The highest BCUT2D eigenvalue weighted by molar-refractivity contribution is 6.27. The van der Waals surface area contributed by atoms with Crippen LogP contribution in [0.15, 0.2) is 168 Å². The third-order valence-corrected chi connectivity index (χ3v) is 9.69. The quantitative estimate of drug-likeness (QED) is 0.193. The van der Waals surface area contributed by atoms with Crippen LogP contribution < -0.4 is 14.8 Å². The van der Waals surface area contributed by atoms with E-state index in [1.807, 2.05) is 36.4 Å². The van der Waals surface area contributed by atoms with E-state index in [4.69, 9.17) is 19.5 Å². The van der Waals surface area contributed by atoms with Gasteiger partial charge in [0.2, 0.25) is 5.96 Å². The molecule has 0 bridgehead atoms. The van der Waals surface area contributed by atoms with Crippen molar-refractivity contribution in [3.63, 3.8) is 0 Å². The molecule has 0 saturated heterocycles. The lowest BCUT2D eigenvalue weighted by molar-refractivity contribution is 0.414. The summed E-state index contributed by atoms with van der Waals surface area (Å²) in [5, 5.41) is 8.32. The zero-order chi connectivity index (χ0) is 34.3. The lowest BCUT2D eigenvalue weighted by Crippen LogP contribution is -2.35. The fourth-order valence-electron chi connectivity index (χ4n) is 7.15. The molecule has 0 aliphatic carbocycles. The Kier molecular flexibility index (Phi) is 7.55. The summed E-state index contributed by atoms with van der Waals surface area (Å²) in [5.41, 5.74) is 8.60. The van der Waals surface area contributed by atoms with Gasteiger partial charge in [-0.25, -0.2) is 4.99 Å². The van der Waals surface area contributed by atoms with E-state index < -0.39 is 6.17 Å². The average Bonchev–Trinajstić information content (AvgIpc) is 3.55. The van der Waals surface area contributed by atoms with Gasteiger partial charge in [0.15, 0.2) is 0 Å². The first-order chi connectivity index (χ1) is 25.2. The smallest absolute Gasteiger partial charge is 0.234 e. The minimum absolute atomic E-state index is 0.403. The van der Waals surface area contributed by atoms with Crippen LogP contribution in [0.5, 0.6) is 11.5 Å². The normalized spacial score (nSPS) is 14.3. The summed E-state index contributed by atoms with van der Waals surface area (Å²) >= 11 is 0. The molecule has 2 heterocycles. The monoisotopic (exact) mass is 662 g/mol. The molecule has 6 nitrogen and oxygen atoms in total. The Morgan fingerprint density at radius 3 is 1.82 bits per heavy atom. The van der Waals surface area contributed by atoms with Gasteiger partial charge in [-0.2, -0.15) is 4.99 Å². The lowest BCUT2D eigenvalue weighted by Gasteiger charge is -2.24. The van der Waals surface area contributed by atoms with Gasteiger partial charge in [-0.3, -0.25) is 4.57 Å². The van der Waals surface area contributed by atoms with Crippen molar-refractivity contribution in [2.24, 2.45) is 9.98 Å². The molecule has 7 aromatic carbocycles. The van der Waals surface area contributed by atoms with Gasteiger partial charge >= 0.3 is 0 Å². The van der Waals surface area contributed by atoms with Gasteiger partial charge in [-0.15, -0.1) is 0 Å². The van der Waals surface area contributed by atoms with Crippen molar-refractivity contribution in [1.82, 2.24) is 9.88 Å². The number of fused-ring (bicyclic) bond motifs is 5. The van der Waals surface area contributed by atoms with Gasteiger partial charge in [0.1, 0.15) is 23.5 Å². The van der Waals surface area contributed by atoms with E-state index in [0.29, 0.717) is 5.96 Å². The molecule has 1 aromatic heterocycles. The molecule has 8 aromatic rings. The largest absolute Gasteiger partial charge is 0.497 e. The number of hydrogen-bond donors (Lipinski definition) is 1. The van der Waals surface area contributed by atoms with Gasteiger partial charge in [0.05, 0.1) is 25.3 Å². The van der Waals surface area contributed by atoms with Crippen molar-refractivity contribution in [3.8, 4) is 33.8 Å². The highest BCUT2D eigenvalue weighted by Crippen LogP contribution is 2.41. The Morgan fingerprint density at radius 1 is 0.529 bits per heavy atom. The van der Waals surface area contributed by atoms with E-state index >= 15 is 0 Å². The molecule has 1 unspecified atom stereocenters. The minimum Gasteiger partial charge on any atom is -0.497 e. The molecule has 1 N–H and O–H groups in total. The Hall–Kier alpha value is -6.66. The van der Waals surface area contributed by atoms with Crippen molar-refractivity contribution in [2.75, 3.05) is 14.2 Å². The van der Waals surface area contributed by atoms with E-state index in [1.54, 1.807) is 14.2 Å². The third kappa shape index (κ3) is 5.38. The number of nitrogens with zero attached hydrogens (tertiary/aromatic N) is 3. The van der Waals surface area contributed by atoms with Crippen LogP contribution in [0, 0.1) is 0 Å². The molecule has 6 heteroatoms. The van der Waals surface area contributed by atoms with Crippen LogP contribution in [0.25, 0.3) is 54.8 Å². The van der Waals surface area contributed by atoms with Gasteiger partial charge in [0.25, 0.3) is 0 Å². The van der Waals surface area contributed by atoms with Crippen LogP contribution in [0.4, 0.5) is 0 Å².